The van der Waals surface area contributed by atoms with Crippen LogP contribution in [0.25, 0.3) is 5.95 Å². The lowest BCUT2D eigenvalue weighted by Crippen LogP contribution is -2.09. The third-order valence-electron chi connectivity index (χ3n) is 1.76. The van der Waals surface area contributed by atoms with Gasteiger partial charge in [0.2, 0.25) is 5.95 Å². The van der Waals surface area contributed by atoms with Crippen LogP contribution in [-0.4, -0.2) is 31.3 Å². The molecule has 0 unspecified atom stereocenters. The first-order valence-electron chi connectivity index (χ1n) is 4.94. The van der Waals surface area contributed by atoms with Gasteiger partial charge in [-0.1, -0.05) is 6.92 Å². The van der Waals surface area contributed by atoms with E-state index < -0.39 is 0 Å². The summed E-state index contributed by atoms with van der Waals surface area (Å²) in [6.07, 6.45) is 4.23. The van der Waals surface area contributed by atoms with Crippen molar-refractivity contribution in [3.8, 4) is 12.0 Å². The van der Waals surface area contributed by atoms with Crippen molar-refractivity contribution in [2.24, 2.45) is 0 Å². The van der Waals surface area contributed by atoms with Gasteiger partial charge in [-0.15, -0.1) is 0 Å². The normalized spacial score (nSPS) is 10.3. The van der Waals surface area contributed by atoms with Crippen LogP contribution < -0.4 is 10.5 Å². The number of ether oxygens (including phenoxy) is 1. The zero-order chi connectivity index (χ0) is 11.4. The molecule has 0 bridgehead atoms. The van der Waals surface area contributed by atoms with E-state index >= 15 is 0 Å². The molecule has 2 aromatic heterocycles. The summed E-state index contributed by atoms with van der Waals surface area (Å²) < 4.78 is 6.79. The van der Waals surface area contributed by atoms with Crippen LogP contribution in [0.4, 0.5) is 5.95 Å². The second-order valence-electron chi connectivity index (χ2n) is 3.08. The lowest BCUT2D eigenvalue weighted by Gasteiger charge is -2.05. The summed E-state index contributed by atoms with van der Waals surface area (Å²) in [7, 11) is 0. The van der Waals surface area contributed by atoms with Gasteiger partial charge in [-0.25, -0.2) is 4.68 Å². The van der Waals surface area contributed by atoms with E-state index in [0.29, 0.717) is 12.6 Å². The third-order valence-corrected chi connectivity index (χ3v) is 1.76. The number of anilines is 1. The Morgan fingerprint density at radius 1 is 1.38 bits per heavy atom. The third kappa shape index (κ3) is 2.25. The van der Waals surface area contributed by atoms with E-state index in [2.05, 4.69) is 20.1 Å². The van der Waals surface area contributed by atoms with E-state index in [1.165, 1.54) is 4.68 Å². The minimum absolute atomic E-state index is 0.117. The first kappa shape index (κ1) is 10.3. The van der Waals surface area contributed by atoms with Gasteiger partial charge in [0.25, 0.3) is 5.95 Å². The highest BCUT2D eigenvalue weighted by Crippen LogP contribution is 2.08. The maximum absolute atomic E-state index is 5.55. The molecule has 2 aromatic rings. The topological polar surface area (TPSA) is 91.7 Å². The molecule has 2 heterocycles. The van der Waals surface area contributed by atoms with Crippen molar-refractivity contribution in [3.63, 3.8) is 0 Å². The summed E-state index contributed by atoms with van der Waals surface area (Å²) in [6.45, 7) is 2.54. The van der Waals surface area contributed by atoms with Gasteiger partial charge in [-0.2, -0.15) is 20.1 Å². The van der Waals surface area contributed by atoms with Crippen LogP contribution in [0.15, 0.2) is 18.5 Å². The Morgan fingerprint density at radius 3 is 2.94 bits per heavy atom. The minimum Gasteiger partial charge on any atom is -0.463 e. The predicted octanol–water partition coefficient (Wildman–Crippen LogP) is 0.428. The smallest absolute Gasteiger partial charge is 0.323 e. The van der Waals surface area contributed by atoms with Gasteiger partial charge in [0.1, 0.15) is 0 Å². The summed E-state index contributed by atoms with van der Waals surface area (Å²) >= 11 is 0. The molecule has 7 nitrogen and oxygen atoms in total. The van der Waals surface area contributed by atoms with Crippen molar-refractivity contribution < 1.29 is 4.74 Å². The molecular formula is C9H12N6O. The average molecular weight is 220 g/mol. The number of hydrogen-bond donors (Lipinski definition) is 1. The van der Waals surface area contributed by atoms with Crippen molar-refractivity contribution in [1.29, 1.82) is 0 Å². The molecule has 2 rings (SSSR count). The Labute approximate surface area is 92.3 Å². The van der Waals surface area contributed by atoms with Gasteiger partial charge in [0.15, 0.2) is 0 Å². The fourth-order valence-electron chi connectivity index (χ4n) is 1.11. The number of rotatable bonds is 4. The van der Waals surface area contributed by atoms with Crippen molar-refractivity contribution in [3.05, 3.63) is 18.5 Å². The Balaban J connectivity index is 2.29. The Hall–Kier alpha value is -2.18. The second-order valence-corrected chi connectivity index (χ2v) is 3.08. The molecule has 0 aliphatic heterocycles. The largest absolute Gasteiger partial charge is 0.463 e. The molecule has 0 amide bonds. The standard InChI is InChI=1S/C9H12N6O/c1-2-6-16-9-13-7(10)12-8(14-9)15-5-3-4-11-15/h3-5H,2,6H2,1H3,(H2,10,12,13,14). The highest BCUT2D eigenvalue weighted by molar-refractivity contribution is 5.24. The molecule has 7 heteroatoms. The van der Waals surface area contributed by atoms with E-state index in [-0.39, 0.29) is 12.0 Å². The minimum atomic E-state index is 0.117. The van der Waals surface area contributed by atoms with Crippen LogP contribution in [0.1, 0.15) is 13.3 Å². The summed E-state index contributed by atoms with van der Waals surface area (Å²) in [5.74, 6) is 0.468. The molecule has 0 radical (unpaired) electrons. The predicted molar refractivity (Wildman–Crippen MR) is 57.1 cm³/mol. The van der Waals surface area contributed by atoms with Gasteiger partial charge in [0.05, 0.1) is 6.61 Å². The van der Waals surface area contributed by atoms with E-state index in [1.807, 2.05) is 6.92 Å². The van der Waals surface area contributed by atoms with Gasteiger partial charge >= 0.3 is 6.01 Å². The SMILES string of the molecule is CCCOc1nc(N)nc(-n2cccn2)n1. The molecule has 0 saturated heterocycles. The lowest BCUT2D eigenvalue weighted by atomic mass is 10.5. The second kappa shape index (κ2) is 4.56. The summed E-state index contributed by atoms with van der Waals surface area (Å²) in [5, 5.41) is 4.00. The fraction of sp³-hybridized carbons (Fsp3) is 0.333. The van der Waals surface area contributed by atoms with Crippen molar-refractivity contribution >= 4 is 5.95 Å². The number of nitrogens with two attached hydrogens (primary N) is 1. The maximum Gasteiger partial charge on any atom is 0.323 e. The number of nitrogens with zero attached hydrogens (tertiary/aromatic N) is 5. The molecule has 0 aliphatic carbocycles. The zero-order valence-corrected chi connectivity index (χ0v) is 8.87. The monoisotopic (exact) mass is 220 g/mol. The Bertz CT molecular complexity index is 455. The van der Waals surface area contributed by atoms with E-state index in [1.54, 1.807) is 18.5 Å². The van der Waals surface area contributed by atoms with Crippen LogP contribution in [0.5, 0.6) is 6.01 Å². The fourth-order valence-corrected chi connectivity index (χ4v) is 1.11. The van der Waals surface area contributed by atoms with E-state index in [9.17, 15) is 0 Å². The molecule has 0 aliphatic rings. The number of aromatic nitrogens is 5. The molecule has 2 N–H and O–H groups in total. The molecule has 0 aromatic carbocycles. The first-order chi connectivity index (χ1) is 7.79. The molecule has 0 atom stereocenters. The van der Waals surface area contributed by atoms with E-state index in [0.717, 1.165) is 6.42 Å². The van der Waals surface area contributed by atoms with Gasteiger partial charge in [-0.3, -0.25) is 0 Å². The average Bonchev–Trinajstić information content (AvgIpc) is 2.79. The first-order valence-corrected chi connectivity index (χ1v) is 4.94. The highest BCUT2D eigenvalue weighted by atomic mass is 16.5. The molecule has 0 spiro atoms. The van der Waals surface area contributed by atoms with Crippen LogP contribution >= 0.6 is 0 Å². The molecule has 0 saturated carbocycles. The van der Waals surface area contributed by atoms with Crippen LogP contribution in [0.3, 0.4) is 0 Å². The molecular weight excluding hydrogens is 208 g/mol. The van der Waals surface area contributed by atoms with Gasteiger partial charge < -0.3 is 10.5 Å². The summed E-state index contributed by atoms with van der Waals surface area (Å²) in [4.78, 5) is 11.9. The molecule has 16 heavy (non-hydrogen) atoms. The number of nitrogen functional groups attached to an aromatic ring is 1. The van der Waals surface area contributed by atoms with Crippen molar-refractivity contribution in [2.45, 2.75) is 13.3 Å². The highest BCUT2D eigenvalue weighted by Gasteiger charge is 2.06. The van der Waals surface area contributed by atoms with Crippen LogP contribution in [0, 0.1) is 0 Å². The Morgan fingerprint density at radius 2 is 2.25 bits per heavy atom. The van der Waals surface area contributed by atoms with Crippen molar-refractivity contribution in [2.75, 3.05) is 12.3 Å². The zero-order valence-electron chi connectivity index (χ0n) is 8.87. The number of hydrogen-bond acceptors (Lipinski definition) is 6. The summed E-state index contributed by atoms with van der Waals surface area (Å²) in [6, 6.07) is 1.99. The van der Waals surface area contributed by atoms with E-state index in [4.69, 9.17) is 10.5 Å². The quantitative estimate of drug-likeness (QED) is 0.803. The van der Waals surface area contributed by atoms with Crippen LogP contribution in [0.2, 0.25) is 0 Å². The Kier molecular flexibility index (Phi) is 2.95. The molecule has 84 valence electrons. The lowest BCUT2D eigenvalue weighted by molar-refractivity contribution is 0.291. The summed E-state index contributed by atoms with van der Waals surface area (Å²) in [5.41, 5.74) is 5.55. The van der Waals surface area contributed by atoms with Crippen molar-refractivity contribution in [1.82, 2.24) is 24.7 Å². The van der Waals surface area contributed by atoms with Gasteiger partial charge in [-0.05, 0) is 12.5 Å². The molecule has 0 fully saturated rings. The van der Waals surface area contributed by atoms with Gasteiger partial charge in [0, 0.05) is 12.4 Å². The maximum atomic E-state index is 5.55. The van der Waals surface area contributed by atoms with Crippen LogP contribution in [-0.2, 0) is 0 Å².